The van der Waals surface area contributed by atoms with E-state index in [9.17, 15) is 9.59 Å². The highest BCUT2D eigenvalue weighted by atomic mass is 16.4. The summed E-state index contributed by atoms with van der Waals surface area (Å²) in [5, 5.41) is 8.76. The van der Waals surface area contributed by atoms with E-state index < -0.39 is 12.0 Å². The Balaban J connectivity index is 2.46. The van der Waals surface area contributed by atoms with Crippen LogP contribution in [-0.4, -0.2) is 53.6 Å². The molecule has 0 spiro atoms. The molecule has 0 bridgehead atoms. The number of rotatable bonds is 4. The van der Waals surface area contributed by atoms with Crippen molar-refractivity contribution in [3.8, 4) is 0 Å². The third-order valence-corrected chi connectivity index (χ3v) is 2.80. The van der Waals surface area contributed by atoms with Gasteiger partial charge in [0.1, 0.15) is 6.04 Å². The molecule has 1 unspecified atom stereocenters. The van der Waals surface area contributed by atoms with Crippen molar-refractivity contribution >= 4 is 12.0 Å². The van der Waals surface area contributed by atoms with Gasteiger partial charge in [-0.15, -0.1) is 0 Å². The van der Waals surface area contributed by atoms with Crippen LogP contribution in [0.15, 0.2) is 0 Å². The molecule has 1 N–H and O–H groups in total. The molecule has 0 saturated heterocycles. The summed E-state index contributed by atoms with van der Waals surface area (Å²) in [6, 6.07) is -1.00. The molecule has 1 rings (SSSR count). The molecule has 5 heteroatoms. The van der Waals surface area contributed by atoms with Crippen LogP contribution in [0.5, 0.6) is 0 Å². The van der Waals surface area contributed by atoms with Crippen molar-refractivity contribution in [2.75, 3.05) is 20.6 Å². The van der Waals surface area contributed by atoms with Gasteiger partial charge in [-0.2, -0.15) is 0 Å². The van der Waals surface area contributed by atoms with Crippen molar-refractivity contribution in [2.24, 2.45) is 5.92 Å². The second kappa shape index (κ2) is 4.51. The molecule has 5 nitrogen and oxygen atoms in total. The first-order valence-electron chi connectivity index (χ1n) is 5.14. The lowest BCUT2D eigenvalue weighted by Crippen LogP contribution is -2.46. The number of urea groups is 1. The predicted molar refractivity (Wildman–Crippen MR) is 55.6 cm³/mol. The molecule has 0 radical (unpaired) electrons. The highest BCUT2D eigenvalue weighted by molar-refractivity contribution is 5.82. The molecule has 0 aromatic carbocycles. The third-order valence-electron chi connectivity index (χ3n) is 2.80. The summed E-state index contributed by atoms with van der Waals surface area (Å²) in [5.41, 5.74) is 0. The normalized spacial score (nSPS) is 17.0. The van der Waals surface area contributed by atoms with Gasteiger partial charge >= 0.3 is 12.0 Å². The summed E-state index contributed by atoms with van der Waals surface area (Å²) in [4.78, 5) is 25.3. The number of aliphatic carboxylic acids is 1. The molecule has 0 aromatic rings. The number of carbonyl (C=O) groups excluding carboxylic acids is 1. The van der Waals surface area contributed by atoms with Gasteiger partial charge < -0.3 is 14.9 Å². The van der Waals surface area contributed by atoms with Gasteiger partial charge in [-0.05, 0) is 25.7 Å². The van der Waals surface area contributed by atoms with E-state index >= 15 is 0 Å². The minimum atomic E-state index is -0.981. The molecule has 1 aliphatic carbocycles. The fourth-order valence-electron chi connectivity index (χ4n) is 1.37. The molecular weight excluding hydrogens is 196 g/mol. The zero-order valence-electron chi connectivity index (χ0n) is 9.43. The Labute approximate surface area is 89.7 Å². The average molecular weight is 214 g/mol. The molecule has 15 heavy (non-hydrogen) atoms. The minimum absolute atomic E-state index is 0.225. The topological polar surface area (TPSA) is 60.9 Å². The highest BCUT2D eigenvalue weighted by Gasteiger charge is 2.28. The number of hydrogen-bond acceptors (Lipinski definition) is 2. The van der Waals surface area contributed by atoms with Crippen molar-refractivity contribution in [2.45, 2.75) is 25.8 Å². The Kier molecular flexibility index (Phi) is 3.55. The second-order valence-corrected chi connectivity index (χ2v) is 4.23. The summed E-state index contributed by atoms with van der Waals surface area (Å²) < 4.78 is 0. The summed E-state index contributed by atoms with van der Waals surface area (Å²) in [5.74, 6) is -0.363. The van der Waals surface area contributed by atoms with Gasteiger partial charge in [0.2, 0.25) is 0 Å². The van der Waals surface area contributed by atoms with Crippen LogP contribution >= 0.6 is 0 Å². The quantitative estimate of drug-likeness (QED) is 0.754. The van der Waals surface area contributed by atoms with Crippen molar-refractivity contribution in [3.63, 3.8) is 0 Å². The zero-order chi connectivity index (χ0) is 11.6. The van der Waals surface area contributed by atoms with Crippen LogP contribution in [0.4, 0.5) is 4.79 Å². The number of carboxylic acid groups (broad SMARTS) is 1. The maximum Gasteiger partial charge on any atom is 0.326 e. The largest absolute Gasteiger partial charge is 0.480 e. The van der Waals surface area contributed by atoms with Gasteiger partial charge in [-0.3, -0.25) is 0 Å². The van der Waals surface area contributed by atoms with Crippen LogP contribution in [0.2, 0.25) is 0 Å². The van der Waals surface area contributed by atoms with E-state index in [1.165, 1.54) is 31.7 Å². The number of carboxylic acids is 1. The Hall–Kier alpha value is -1.26. The molecule has 1 aliphatic rings. The van der Waals surface area contributed by atoms with Gasteiger partial charge in [0.05, 0.1) is 0 Å². The average Bonchev–Trinajstić information content (AvgIpc) is 2.97. The van der Waals surface area contributed by atoms with Crippen LogP contribution in [0.1, 0.15) is 19.8 Å². The predicted octanol–water partition coefficient (Wildman–Crippen LogP) is 0.853. The summed E-state index contributed by atoms with van der Waals surface area (Å²) in [6.07, 6.45) is 2.35. The highest BCUT2D eigenvalue weighted by Crippen LogP contribution is 2.29. The lowest BCUT2D eigenvalue weighted by atomic mass is 10.3. The molecule has 2 amide bonds. The van der Waals surface area contributed by atoms with Gasteiger partial charge in [-0.25, -0.2) is 9.59 Å². The number of likely N-dealkylation sites (N-methyl/N-ethyl adjacent to an activating group) is 1. The second-order valence-electron chi connectivity index (χ2n) is 4.23. The van der Waals surface area contributed by atoms with Crippen molar-refractivity contribution in [1.29, 1.82) is 0 Å². The molecule has 1 atom stereocenters. The van der Waals surface area contributed by atoms with Gasteiger partial charge in [0.15, 0.2) is 0 Å². The lowest BCUT2D eigenvalue weighted by molar-refractivity contribution is -0.141. The van der Waals surface area contributed by atoms with E-state index in [4.69, 9.17) is 5.11 Å². The van der Waals surface area contributed by atoms with Crippen molar-refractivity contribution in [3.05, 3.63) is 0 Å². The summed E-state index contributed by atoms with van der Waals surface area (Å²) >= 11 is 0. The van der Waals surface area contributed by atoms with Gasteiger partial charge in [-0.1, -0.05) is 0 Å². The first kappa shape index (κ1) is 11.8. The van der Waals surface area contributed by atoms with Crippen molar-refractivity contribution < 1.29 is 14.7 Å². The molecule has 86 valence electrons. The molecule has 0 heterocycles. The molecule has 1 saturated carbocycles. The van der Waals surface area contributed by atoms with E-state index in [2.05, 4.69) is 0 Å². The fourth-order valence-corrected chi connectivity index (χ4v) is 1.37. The van der Waals surface area contributed by atoms with E-state index in [1.54, 1.807) is 11.9 Å². The maximum absolute atomic E-state index is 11.7. The maximum atomic E-state index is 11.7. The standard InChI is InChI=1S/C10H18N2O3/c1-7(9(13)14)12(3)10(15)11(2)6-8-4-5-8/h7-8H,4-6H2,1-3H3,(H,13,14). The molecule has 0 aliphatic heterocycles. The lowest BCUT2D eigenvalue weighted by Gasteiger charge is -2.27. The van der Waals surface area contributed by atoms with Crippen LogP contribution < -0.4 is 0 Å². The number of hydrogen-bond donors (Lipinski definition) is 1. The first-order valence-corrected chi connectivity index (χ1v) is 5.14. The fraction of sp³-hybridized carbons (Fsp3) is 0.800. The Bertz CT molecular complexity index is 263. The van der Waals surface area contributed by atoms with Crippen molar-refractivity contribution in [1.82, 2.24) is 9.80 Å². The van der Waals surface area contributed by atoms with E-state index in [-0.39, 0.29) is 6.03 Å². The molecule has 1 fully saturated rings. The van der Waals surface area contributed by atoms with Crippen LogP contribution in [-0.2, 0) is 4.79 Å². The zero-order valence-corrected chi connectivity index (χ0v) is 9.43. The monoisotopic (exact) mass is 214 g/mol. The van der Waals surface area contributed by atoms with Crippen LogP contribution in [0.3, 0.4) is 0 Å². The van der Waals surface area contributed by atoms with E-state index in [0.29, 0.717) is 5.92 Å². The molecular formula is C10H18N2O3. The van der Waals surface area contributed by atoms with E-state index in [1.807, 2.05) is 0 Å². The van der Waals surface area contributed by atoms with Crippen LogP contribution in [0, 0.1) is 5.92 Å². The van der Waals surface area contributed by atoms with Crippen LogP contribution in [0.25, 0.3) is 0 Å². The van der Waals surface area contributed by atoms with E-state index in [0.717, 1.165) is 6.54 Å². The summed E-state index contributed by atoms with van der Waals surface area (Å²) in [6.45, 7) is 2.24. The third kappa shape index (κ3) is 3.11. The SMILES string of the molecule is CC(C(=O)O)N(C)C(=O)N(C)CC1CC1. The van der Waals surface area contributed by atoms with Gasteiger partial charge in [0, 0.05) is 20.6 Å². The number of nitrogens with zero attached hydrogens (tertiary/aromatic N) is 2. The Morgan fingerprint density at radius 3 is 2.33 bits per heavy atom. The smallest absolute Gasteiger partial charge is 0.326 e. The van der Waals surface area contributed by atoms with Gasteiger partial charge in [0.25, 0.3) is 0 Å². The minimum Gasteiger partial charge on any atom is -0.480 e. The first-order chi connectivity index (χ1) is 6.93. The number of carbonyl (C=O) groups is 2. The Morgan fingerprint density at radius 1 is 1.40 bits per heavy atom. The molecule has 0 aromatic heterocycles. The summed E-state index contributed by atoms with van der Waals surface area (Å²) in [7, 11) is 3.23. The Morgan fingerprint density at radius 2 is 1.93 bits per heavy atom. The number of amides is 2.